The highest BCUT2D eigenvalue weighted by Gasteiger charge is 2.46. The SMILES string of the molecule is CCOC1CC(O)(C(C)CCOC)C1. The van der Waals surface area contributed by atoms with Gasteiger partial charge in [0.15, 0.2) is 0 Å². The fourth-order valence-electron chi connectivity index (χ4n) is 2.05. The monoisotopic (exact) mass is 202 g/mol. The van der Waals surface area contributed by atoms with Crippen molar-refractivity contribution in [2.75, 3.05) is 20.3 Å². The first kappa shape index (κ1) is 12.0. The van der Waals surface area contributed by atoms with Crippen molar-refractivity contribution in [1.29, 1.82) is 0 Å². The molecule has 0 heterocycles. The molecule has 0 saturated heterocycles. The van der Waals surface area contributed by atoms with E-state index in [1.165, 1.54) is 0 Å². The average molecular weight is 202 g/mol. The molecule has 3 nitrogen and oxygen atoms in total. The molecule has 1 N–H and O–H groups in total. The first-order valence-corrected chi connectivity index (χ1v) is 5.45. The molecule has 0 spiro atoms. The highest BCUT2D eigenvalue weighted by molar-refractivity contribution is 4.98. The van der Waals surface area contributed by atoms with Gasteiger partial charge < -0.3 is 14.6 Å². The molecule has 1 fully saturated rings. The third-order valence-corrected chi connectivity index (χ3v) is 3.24. The summed E-state index contributed by atoms with van der Waals surface area (Å²) < 4.78 is 10.4. The predicted molar refractivity (Wildman–Crippen MR) is 55.3 cm³/mol. The molecular formula is C11H22O3. The van der Waals surface area contributed by atoms with Gasteiger partial charge in [0.05, 0.1) is 11.7 Å². The molecule has 84 valence electrons. The summed E-state index contributed by atoms with van der Waals surface area (Å²) in [5.41, 5.74) is -0.502. The number of rotatable bonds is 6. The summed E-state index contributed by atoms with van der Waals surface area (Å²) in [4.78, 5) is 0. The van der Waals surface area contributed by atoms with Gasteiger partial charge >= 0.3 is 0 Å². The van der Waals surface area contributed by atoms with Crippen LogP contribution in [-0.4, -0.2) is 37.1 Å². The molecule has 3 heteroatoms. The maximum atomic E-state index is 10.2. The van der Waals surface area contributed by atoms with E-state index in [0.29, 0.717) is 5.92 Å². The van der Waals surface area contributed by atoms with Gasteiger partial charge in [-0.05, 0) is 19.3 Å². The zero-order valence-corrected chi connectivity index (χ0v) is 9.45. The van der Waals surface area contributed by atoms with E-state index in [4.69, 9.17) is 9.47 Å². The van der Waals surface area contributed by atoms with E-state index in [2.05, 4.69) is 6.92 Å². The molecule has 0 aromatic rings. The number of hydrogen-bond acceptors (Lipinski definition) is 3. The maximum Gasteiger partial charge on any atom is 0.0723 e. The molecule has 1 aliphatic carbocycles. The van der Waals surface area contributed by atoms with Crippen LogP contribution >= 0.6 is 0 Å². The molecular weight excluding hydrogens is 180 g/mol. The molecule has 1 atom stereocenters. The van der Waals surface area contributed by atoms with Crippen molar-refractivity contribution in [2.45, 2.75) is 44.8 Å². The number of methoxy groups -OCH3 is 1. The summed E-state index contributed by atoms with van der Waals surface area (Å²) in [7, 11) is 1.69. The largest absolute Gasteiger partial charge is 0.389 e. The lowest BCUT2D eigenvalue weighted by Gasteiger charge is -2.47. The van der Waals surface area contributed by atoms with Gasteiger partial charge in [-0.2, -0.15) is 0 Å². The molecule has 0 aromatic carbocycles. The van der Waals surface area contributed by atoms with Gasteiger partial charge in [0.1, 0.15) is 0 Å². The molecule has 0 radical (unpaired) electrons. The van der Waals surface area contributed by atoms with Crippen molar-refractivity contribution >= 4 is 0 Å². The van der Waals surface area contributed by atoms with Crippen LogP contribution in [0.25, 0.3) is 0 Å². The van der Waals surface area contributed by atoms with E-state index < -0.39 is 5.60 Å². The normalized spacial score (nSPS) is 33.9. The van der Waals surface area contributed by atoms with Crippen molar-refractivity contribution in [3.05, 3.63) is 0 Å². The quantitative estimate of drug-likeness (QED) is 0.711. The first-order chi connectivity index (χ1) is 6.62. The standard InChI is InChI=1S/C11H22O3/c1-4-14-10-7-11(12,8-10)9(2)5-6-13-3/h9-10,12H,4-8H2,1-3H3. The Morgan fingerprint density at radius 2 is 2.14 bits per heavy atom. The van der Waals surface area contributed by atoms with Crippen molar-refractivity contribution in [1.82, 2.24) is 0 Å². The fraction of sp³-hybridized carbons (Fsp3) is 1.00. The van der Waals surface area contributed by atoms with Gasteiger partial charge in [0.2, 0.25) is 0 Å². The Morgan fingerprint density at radius 1 is 1.50 bits per heavy atom. The molecule has 1 aliphatic rings. The lowest BCUT2D eigenvalue weighted by atomic mass is 9.69. The second-order valence-corrected chi connectivity index (χ2v) is 4.27. The van der Waals surface area contributed by atoms with Crippen LogP contribution in [-0.2, 0) is 9.47 Å². The fourth-order valence-corrected chi connectivity index (χ4v) is 2.05. The summed E-state index contributed by atoms with van der Waals surface area (Å²) in [6.07, 6.45) is 2.76. The minimum atomic E-state index is -0.502. The molecule has 0 aliphatic heterocycles. The smallest absolute Gasteiger partial charge is 0.0723 e. The van der Waals surface area contributed by atoms with E-state index in [9.17, 15) is 5.11 Å². The first-order valence-electron chi connectivity index (χ1n) is 5.45. The molecule has 1 rings (SSSR count). The summed E-state index contributed by atoms with van der Waals surface area (Å²) in [5, 5.41) is 10.2. The summed E-state index contributed by atoms with van der Waals surface area (Å²) in [6.45, 7) is 5.54. The molecule has 1 saturated carbocycles. The Kier molecular flexibility index (Phi) is 4.35. The lowest BCUT2D eigenvalue weighted by Crippen LogP contribution is -2.52. The van der Waals surface area contributed by atoms with Crippen LogP contribution in [0, 0.1) is 5.92 Å². The number of ether oxygens (including phenoxy) is 2. The van der Waals surface area contributed by atoms with Crippen LogP contribution in [0.2, 0.25) is 0 Å². The highest BCUT2D eigenvalue weighted by Crippen LogP contribution is 2.41. The zero-order chi connectivity index (χ0) is 10.6. The topological polar surface area (TPSA) is 38.7 Å². The average Bonchev–Trinajstić information content (AvgIpc) is 2.11. The second-order valence-electron chi connectivity index (χ2n) is 4.27. The summed E-state index contributed by atoms with van der Waals surface area (Å²) >= 11 is 0. The van der Waals surface area contributed by atoms with Crippen LogP contribution in [0.4, 0.5) is 0 Å². The summed E-state index contributed by atoms with van der Waals surface area (Å²) in [6, 6.07) is 0. The van der Waals surface area contributed by atoms with Crippen molar-refractivity contribution in [2.24, 2.45) is 5.92 Å². The van der Waals surface area contributed by atoms with Gasteiger partial charge in [-0.25, -0.2) is 0 Å². The molecule has 0 aromatic heterocycles. The Morgan fingerprint density at radius 3 is 2.64 bits per heavy atom. The van der Waals surface area contributed by atoms with E-state index in [0.717, 1.165) is 32.5 Å². The third-order valence-electron chi connectivity index (χ3n) is 3.24. The Balaban J connectivity index is 2.24. The molecule has 0 amide bonds. The van der Waals surface area contributed by atoms with Gasteiger partial charge in [-0.3, -0.25) is 0 Å². The minimum Gasteiger partial charge on any atom is -0.389 e. The maximum absolute atomic E-state index is 10.2. The third kappa shape index (κ3) is 2.69. The lowest BCUT2D eigenvalue weighted by molar-refractivity contribution is -0.165. The van der Waals surface area contributed by atoms with Gasteiger partial charge in [0.25, 0.3) is 0 Å². The predicted octanol–water partition coefficient (Wildman–Crippen LogP) is 1.59. The summed E-state index contributed by atoms with van der Waals surface area (Å²) in [5.74, 6) is 0.305. The minimum absolute atomic E-state index is 0.273. The van der Waals surface area contributed by atoms with Crippen molar-refractivity contribution in [3.8, 4) is 0 Å². The molecule has 14 heavy (non-hydrogen) atoms. The Labute approximate surface area is 86.4 Å². The van der Waals surface area contributed by atoms with Crippen LogP contribution < -0.4 is 0 Å². The van der Waals surface area contributed by atoms with E-state index in [1.807, 2.05) is 6.92 Å². The van der Waals surface area contributed by atoms with Crippen LogP contribution in [0.15, 0.2) is 0 Å². The number of hydrogen-bond donors (Lipinski definition) is 1. The molecule has 0 bridgehead atoms. The Bertz CT molecular complexity index is 164. The zero-order valence-electron chi connectivity index (χ0n) is 9.45. The van der Waals surface area contributed by atoms with Crippen molar-refractivity contribution in [3.63, 3.8) is 0 Å². The Hall–Kier alpha value is -0.120. The van der Waals surface area contributed by atoms with E-state index >= 15 is 0 Å². The van der Waals surface area contributed by atoms with Gasteiger partial charge in [0, 0.05) is 33.2 Å². The van der Waals surface area contributed by atoms with Crippen LogP contribution in [0.3, 0.4) is 0 Å². The van der Waals surface area contributed by atoms with E-state index in [1.54, 1.807) is 7.11 Å². The number of aliphatic hydroxyl groups is 1. The molecule has 1 unspecified atom stereocenters. The van der Waals surface area contributed by atoms with Crippen LogP contribution in [0.5, 0.6) is 0 Å². The van der Waals surface area contributed by atoms with Crippen LogP contribution in [0.1, 0.15) is 33.1 Å². The second kappa shape index (κ2) is 5.10. The van der Waals surface area contributed by atoms with Gasteiger partial charge in [-0.1, -0.05) is 6.92 Å². The van der Waals surface area contributed by atoms with Gasteiger partial charge in [-0.15, -0.1) is 0 Å². The highest BCUT2D eigenvalue weighted by atomic mass is 16.5. The van der Waals surface area contributed by atoms with E-state index in [-0.39, 0.29) is 6.10 Å². The van der Waals surface area contributed by atoms with Crippen molar-refractivity contribution < 1.29 is 14.6 Å².